The fourth-order valence-corrected chi connectivity index (χ4v) is 3.48. The third-order valence-corrected chi connectivity index (χ3v) is 4.74. The van der Waals surface area contributed by atoms with Crippen LogP contribution in [-0.4, -0.2) is 4.98 Å². The third kappa shape index (κ3) is 2.80. The summed E-state index contributed by atoms with van der Waals surface area (Å²) in [5.41, 5.74) is 6.86. The van der Waals surface area contributed by atoms with Crippen molar-refractivity contribution in [1.82, 2.24) is 4.98 Å². The van der Waals surface area contributed by atoms with Crippen LogP contribution in [0.15, 0.2) is 72.9 Å². The van der Waals surface area contributed by atoms with Gasteiger partial charge >= 0.3 is 0 Å². The molecular formula is C23H21N2+. The minimum atomic E-state index is 1.00. The maximum Gasteiger partial charge on any atom is 0.233 e. The van der Waals surface area contributed by atoms with Crippen molar-refractivity contribution in [2.45, 2.75) is 13.8 Å². The lowest BCUT2D eigenvalue weighted by molar-refractivity contribution is -0.660. The van der Waals surface area contributed by atoms with E-state index in [-0.39, 0.29) is 0 Å². The lowest BCUT2D eigenvalue weighted by Gasteiger charge is -2.09. The van der Waals surface area contributed by atoms with Crippen LogP contribution in [0.2, 0.25) is 0 Å². The first-order valence-electron chi connectivity index (χ1n) is 8.56. The highest BCUT2D eigenvalue weighted by Gasteiger charge is 2.19. The second-order valence-corrected chi connectivity index (χ2v) is 6.55. The van der Waals surface area contributed by atoms with Gasteiger partial charge in [0.05, 0.1) is 5.56 Å². The first kappa shape index (κ1) is 15.5. The number of hydrogen-bond acceptors (Lipinski definition) is 1. The Hall–Kier alpha value is -3.00. The van der Waals surface area contributed by atoms with E-state index >= 15 is 0 Å². The molecule has 0 fully saturated rings. The average molecular weight is 325 g/mol. The Bertz CT molecular complexity index is 1060. The predicted octanol–water partition coefficient (Wildman–Crippen LogP) is 5.01. The molecule has 0 bridgehead atoms. The molecule has 2 heteroatoms. The van der Waals surface area contributed by atoms with Crippen molar-refractivity contribution >= 4 is 10.8 Å². The molecule has 0 amide bonds. The van der Waals surface area contributed by atoms with Gasteiger partial charge in [-0.25, -0.2) is 4.98 Å². The highest BCUT2D eigenvalue weighted by Crippen LogP contribution is 2.26. The molecule has 4 aromatic rings. The van der Waals surface area contributed by atoms with Gasteiger partial charge in [0.2, 0.25) is 5.69 Å². The van der Waals surface area contributed by atoms with Crippen molar-refractivity contribution < 1.29 is 4.57 Å². The summed E-state index contributed by atoms with van der Waals surface area (Å²) in [6.45, 7) is 4.23. The van der Waals surface area contributed by atoms with E-state index in [4.69, 9.17) is 4.98 Å². The Morgan fingerprint density at radius 2 is 1.52 bits per heavy atom. The molecule has 0 saturated heterocycles. The molecule has 2 nitrogen and oxygen atoms in total. The molecule has 0 unspecified atom stereocenters. The smallest absolute Gasteiger partial charge is 0.233 e. The van der Waals surface area contributed by atoms with Gasteiger partial charge < -0.3 is 0 Å². The fraction of sp³-hybridized carbons (Fsp3) is 0.130. The topological polar surface area (TPSA) is 16.8 Å². The minimum absolute atomic E-state index is 1.00. The van der Waals surface area contributed by atoms with Crippen LogP contribution in [0.5, 0.6) is 0 Å². The Labute approximate surface area is 148 Å². The first-order chi connectivity index (χ1) is 12.1. The zero-order valence-electron chi connectivity index (χ0n) is 14.8. The normalized spacial score (nSPS) is 11.0. The first-order valence-corrected chi connectivity index (χ1v) is 8.56. The zero-order chi connectivity index (χ0) is 17.4. The van der Waals surface area contributed by atoms with Gasteiger partial charge in [0.15, 0.2) is 6.20 Å². The Morgan fingerprint density at radius 3 is 2.28 bits per heavy atom. The van der Waals surface area contributed by atoms with E-state index in [9.17, 15) is 0 Å². The Kier molecular flexibility index (Phi) is 3.81. The predicted molar refractivity (Wildman–Crippen MR) is 103 cm³/mol. The summed E-state index contributed by atoms with van der Waals surface area (Å²) in [5.74, 6) is 0. The number of fused-ring (bicyclic) bond motifs is 1. The van der Waals surface area contributed by atoms with E-state index in [1.807, 2.05) is 0 Å². The van der Waals surface area contributed by atoms with Crippen molar-refractivity contribution in [3.8, 4) is 22.5 Å². The van der Waals surface area contributed by atoms with Crippen molar-refractivity contribution in [3.05, 3.63) is 84.2 Å². The van der Waals surface area contributed by atoms with Gasteiger partial charge in [-0.3, -0.25) is 0 Å². The number of hydrogen-bond donors (Lipinski definition) is 0. The minimum Gasteiger partial charge on any atom is -0.240 e. The molecule has 25 heavy (non-hydrogen) atoms. The van der Waals surface area contributed by atoms with E-state index in [2.05, 4.69) is 98.4 Å². The van der Waals surface area contributed by atoms with Gasteiger partial charge in [-0.1, -0.05) is 54.6 Å². The fourth-order valence-electron chi connectivity index (χ4n) is 3.48. The molecule has 1 heterocycles. The van der Waals surface area contributed by atoms with Gasteiger partial charge in [-0.15, -0.1) is 0 Å². The van der Waals surface area contributed by atoms with Crippen LogP contribution in [0.3, 0.4) is 0 Å². The third-order valence-electron chi connectivity index (χ3n) is 4.74. The molecule has 0 N–H and O–H groups in total. The number of aromatic nitrogens is 2. The maximum atomic E-state index is 4.91. The van der Waals surface area contributed by atoms with E-state index in [1.165, 1.54) is 27.6 Å². The monoisotopic (exact) mass is 325 g/mol. The quantitative estimate of drug-likeness (QED) is 0.473. The highest BCUT2D eigenvalue weighted by atomic mass is 15.0. The van der Waals surface area contributed by atoms with Gasteiger partial charge in [-0.05, 0) is 42.3 Å². The van der Waals surface area contributed by atoms with Crippen LogP contribution in [0.25, 0.3) is 33.3 Å². The molecule has 0 aliphatic heterocycles. The van der Waals surface area contributed by atoms with Gasteiger partial charge in [-0.2, -0.15) is 4.57 Å². The highest BCUT2D eigenvalue weighted by molar-refractivity contribution is 5.86. The second kappa shape index (κ2) is 6.14. The van der Waals surface area contributed by atoms with Crippen LogP contribution in [-0.2, 0) is 7.05 Å². The molecule has 0 atom stereocenters. The van der Waals surface area contributed by atoms with E-state index < -0.39 is 0 Å². The lowest BCUT2D eigenvalue weighted by atomic mass is 10.0. The molecule has 1 aromatic heterocycles. The second-order valence-electron chi connectivity index (χ2n) is 6.55. The Morgan fingerprint density at radius 1 is 0.800 bits per heavy atom. The van der Waals surface area contributed by atoms with Crippen LogP contribution in [0.1, 0.15) is 11.3 Å². The average Bonchev–Trinajstić information content (AvgIpc) is 2.62. The molecular weight excluding hydrogens is 304 g/mol. The summed E-state index contributed by atoms with van der Waals surface area (Å²) >= 11 is 0. The largest absolute Gasteiger partial charge is 0.240 e. The SMILES string of the molecule is Cc1ccccc1-c1c(C)nc(-c2ccc3ccccc3c2)c[n+]1C. The number of aryl methyl sites for hydroxylation is 3. The van der Waals surface area contributed by atoms with Crippen molar-refractivity contribution in [2.24, 2.45) is 7.05 Å². The summed E-state index contributed by atoms with van der Waals surface area (Å²) < 4.78 is 2.19. The van der Waals surface area contributed by atoms with Crippen LogP contribution < -0.4 is 4.57 Å². The standard InChI is InChI=1S/C23H21N2/c1-16-8-4-7-11-21(16)23-17(2)24-22(15-25(23)3)20-13-12-18-9-5-6-10-19(18)14-20/h4-15H,1-3H3/q+1. The van der Waals surface area contributed by atoms with E-state index in [0.717, 1.165) is 17.0 Å². The summed E-state index contributed by atoms with van der Waals surface area (Å²) in [5, 5.41) is 2.49. The summed E-state index contributed by atoms with van der Waals surface area (Å²) in [6.07, 6.45) is 2.12. The molecule has 0 aliphatic carbocycles. The number of nitrogens with zero attached hydrogens (tertiary/aromatic N) is 2. The molecule has 3 aromatic carbocycles. The van der Waals surface area contributed by atoms with Crippen molar-refractivity contribution in [3.63, 3.8) is 0 Å². The van der Waals surface area contributed by atoms with Gasteiger partial charge in [0, 0.05) is 5.56 Å². The number of rotatable bonds is 2. The van der Waals surface area contributed by atoms with Crippen LogP contribution >= 0.6 is 0 Å². The molecule has 122 valence electrons. The van der Waals surface area contributed by atoms with E-state index in [0.29, 0.717) is 0 Å². The van der Waals surface area contributed by atoms with Crippen molar-refractivity contribution in [1.29, 1.82) is 0 Å². The molecule has 0 spiro atoms. The summed E-state index contributed by atoms with van der Waals surface area (Å²) in [6, 6.07) is 23.4. The zero-order valence-corrected chi connectivity index (χ0v) is 14.8. The molecule has 0 radical (unpaired) electrons. The lowest BCUT2D eigenvalue weighted by Crippen LogP contribution is -2.33. The summed E-state index contributed by atoms with van der Waals surface area (Å²) in [4.78, 5) is 4.91. The van der Waals surface area contributed by atoms with E-state index in [1.54, 1.807) is 0 Å². The van der Waals surface area contributed by atoms with Crippen LogP contribution in [0.4, 0.5) is 0 Å². The molecule has 4 rings (SSSR count). The Balaban J connectivity index is 1.86. The van der Waals surface area contributed by atoms with Gasteiger partial charge in [0.25, 0.3) is 0 Å². The number of benzene rings is 3. The summed E-state index contributed by atoms with van der Waals surface area (Å²) in [7, 11) is 2.10. The molecule has 0 saturated carbocycles. The van der Waals surface area contributed by atoms with Crippen LogP contribution in [0, 0.1) is 13.8 Å². The maximum absolute atomic E-state index is 4.91. The molecule has 0 aliphatic rings. The van der Waals surface area contributed by atoms with Crippen molar-refractivity contribution in [2.75, 3.05) is 0 Å². The van der Waals surface area contributed by atoms with Gasteiger partial charge in [0.1, 0.15) is 18.4 Å².